The molecule has 0 fully saturated rings. The second kappa shape index (κ2) is 11.2. The van der Waals surface area contributed by atoms with Crippen LogP contribution in [-0.4, -0.2) is 25.2 Å². The molecule has 1 atom stereocenters. The predicted molar refractivity (Wildman–Crippen MR) is 142 cm³/mol. The molecule has 0 amide bonds. The van der Waals surface area contributed by atoms with Crippen LogP contribution in [0.3, 0.4) is 0 Å². The normalized spacial score (nSPS) is 12.0. The number of carbonyl (C=O) groups excluding carboxylic acids is 2. The van der Waals surface area contributed by atoms with Gasteiger partial charge in [0.05, 0.1) is 24.3 Å². The monoisotopic (exact) mass is 468 g/mol. The zero-order chi connectivity index (χ0) is 24.8. The van der Waals surface area contributed by atoms with E-state index in [1.165, 1.54) is 20.0 Å². The Labute approximate surface area is 206 Å². The fourth-order valence-corrected chi connectivity index (χ4v) is 4.54. The van der Waals surface area contributed by atoms with E-state index in [4.69, 9.17) is 9.47 Å². The summed E-state index contributed by atoms with van der Waals surface area (Å²) in [5, 5.41) is 3.84. The first-order valence-electron chi connectivity index (χ1n) is 12.4. The van der Waals surface area contributed by atoms with Gasteiger partial charge in [-0.15, -0.1) is 0 Å². The molecule has 0 aliphatic heterocycles. The number of ether oxygens (including phenoxy) is 2. The maximum Gasteiger partial charge on any atom is 0.339 e. The molecule has 0 N–H and O–H groups in total. The molecule has 0 saturated heterocycles. The zero-order valence-electron chi connectivity index (χ0n) is 20.7. The second-order valence-corrected chi connectivity index (χ2v) is 9.05. The third-order valence-corrected chi connectivity index (χ3v) is 6.46. The van der Waals surface area contributed by atoms with Gasteiger partial charge in [-0.1, -0.05) is 74.7 Å². The van der Waals surface area contributed by atoms with Crippen LogP contribution in [0.4, 0.5) is 0 Å². The van der Waals surface area contributed by atoms with E-state index in [-0.39, 0.29) is 12.1 Å². The number of esters is 2. The van der Waals surface area contributed by atoms with Crippen molar-refractivity contribution in [1.82, 2.24) is 0 Å². The molecule has 0 heterocycles. The summed E-state index contributed by atoms with van der Waals surface area (Å²) in [6.07, 6.45) is 5.17. The summed E-state index contributed by atoms with van der Waals surface area (Å²) in [5.74, 6) is -0.819. The molecule has 0 spiro atoms. The van der Waals surface area contributed by atoms with E-state index in [0.717, 1.165) is 40.8 Å². The minimum absolute atomic E-state index is 0.185. The Morgan fingerprint density at radius 3 is 1.69 bits per heavy atom. The molecule has 0 aliphatic carbocycles. The van der Waals surface area contributed by atoms with Gasteiger partial charge < -0.3 is 9.47 Å². The Morgan fingerprint density at radius 1 is 0.714 bits per heavy atom. The van der Waals surface area contributed by atoms with Gasteiger partial charge in [0.25, 0.3) is 0 Å². The van der Waals surface area contributed by atoms with Gasteiger partial charge in [-0.3, -0.25) is 0 Å². The minimum Gasteiger partial charge on any atom is -0.465 e. The smallest absolute Gasteiger partial charge is 0.339 e. The van der Waals surface area contributed by atoms with E-state index in [1.54, 1.807) is 0 Å². The minimum atomic E-state index is -0.442. The van der Waals surface area contributed by atoms with Crippen LogP contribution in [0.5, 0.6) is 0 Å². The van der Waals surface area contributed by atoms with E-state index < -0.39 is 5.97 Å². The lowest BCUT2D eigenvalue weighted by Gasteiger charge is -2.18. The van der Waals surface area contributed by atoms with Gasteiger partial charge in [-0.05, 0) is 76.7 Å². The first kappa shape index (κ1) is 24.5. The lowest BCUT2D eigenvalue weighted by Crippen LogP contribution is -2.16. The summed E-state index contributed by atoms with van der Waals surface area (Å²) in [5.41, 5.74) is 2.19. The second-order valence-electron chi connectivity index (χ2n) is 9.05. The SMILES string of the molecule is CCCCCCC(C)OC(=O)c1cc2ccccc2cc1-c1cc2ccccc2cc1C(=O)OC. The number of hydrogen-bond donors (Lipinski definition) is 0. The van der Waals surface area contributed by atoms with Crippen molar-refractivity contribution in [2.45, 2.75) is 52.1 Å². The van der Waals surface area contributed by atoms with Crippen molar-refractivity contribution in [3.05, 3.63) is 83.9 Å². The van der Waals surface area contributed by atoms with Crippen molar-refractivity contribution in [3.8, 4) is 11.1 Å². The van der Waals surface area contributed by atoms with Gasteiger partial charge in [0.15, 0.2) is 0 Å². The number of rotatable bonds is 9. The van der Waals surface area contributed by atoms with Crippen molar-refractivity contribution < 1.29 is 19.1 Å². The highest BCUT2D eigenvalue weighted by molar-refractivity contribution is 6.09. The molecule has 4 aromatic rings. The summed E-state index contributed by atoms with van der Waals surface area (Å²) >= 11 is 0. The van der Waals surface area contributed by atoms with Gasteiger partial charge in [0, 0.05) is 0 Å². The molecule has 180 valence electrons. The molecule has 4 nitrogen and oxygen atoms in total. The zero-order valence-corrected chi connectivity index (χ0v) is 20.7. The van der Waals surface area contributed by atoms with Gasteiger partial charge >= 0.3 is 11.9 Å². The maximum absolute atomic E-state index is 13.5. The van der Waals surface area contributed by atoms with Crippen LogP contribution < -0.4 is 0 Å². The van der Waals surface area contributed by atoms with E-state index in [0.29, 0.717) is 22.3 Å². The molecular weight excluding hydrogens is 436 g/mol. The van der Waals surface area contributed by atoms with Crippen LogP contribution in [0, 0.1) is 0 Å². The largest absolute Gasteiger partial charge is 0.465 e. The molecule has 4 heteroatoms. The number of fused-ring (bicyclic) bond motifs is 2. The molecule has 4 rings (SSSR count). The lowest BCUT2D eigenvalue weighted by atomic mass is 9.90. The molecular formula is C31H32O4. The maximum atomic E-state index is 13.5. The highest BCUT2D eigenvalue weighted by Crippen LogP contribution is 2.35. The van der Waals surface area contributed by atoms with Gasteiger partial charge in [-0.25, -0.2) is 9.59 Å². The van der Waals surface area contributed by atoms with Crippen molar-refractivity contribution in [2.24, 2.45) is 0 Å². The number of unbranched alkanes of at least 4 members (excludes halogenated alkanes) is 3. The van der Waals surface area contributed by atoms with Crippen LogP contribution >= 0.6 is 0 Å². The molecule has 1 unspecified atom stereocenters. The molecule has 0 radical (unpaired) electrons. The van der Waals surface area contributed by atoms with Gasteiger partial charge in [-0.2, -0.15) is 0 Å². The van der Waals surface area contributed by atoms with Crippen LogP contribution in [0.25, 0.3) is 32.7 Å². The van der Waals surface area contributed by atoms with Crippen molar-refractivity contribution >= 4 is 33.5 Å². The average molecular weight is 469 g/mol. The van der Waals surface area contributed by atoms with E-state index in [1.807, 2.05) is 79.7 Å². The van der Waals surface area contributed by atoms with Crippen LogP contribution in [0.15, 0.2) is 72.8 Å². The summed E-state index contributed by atoms with van der Waals surface area (Å²) in [6.45, 7) is 4.13. The van der Waals surface area contributed by atoms with Crippen LogP contribution in [-0.2, 0) is 9.47 Å². The van der Waals surface area contributed by atoms with E-state index in [9.17, 15) is 9.59 Å². The molecule has 4 aromatic carbocycles. The number of carbonyl (C=O) groups is 2. The first-order valence-corrected chi connectivity index (χ1v) is 12.4. The third-order valence-electron chi connectivity index (χ3n) is 6.46. The highest BCUT2D eigenvalue weighted by Gasteiger charge is 2.22. The Bertz CT molecular complexity index is 1350. The van der Waals surface area contributed by atoms with E-state index in [2.05, 4.69) is 6.92 Å². The molecule has 0 bridgehead atoms. The topological polar surface area (TPSA) is 52.6 Å². The van der Waals surface area contributed by atoms with Crippen LogP contribution in [0.2, 0.25) is 0 Å². The Kier molecular flexibility index (Phi) is 7.81. The summed E-state index contributed by atoms with van der Waals surface area (Å²) < 4.78 is 11.0. The van der Waals surface area contributed by atoms with Crippen molar-refractivity contribution in [3.63, 3.8) is 0 Å². The molecule has 0 saturated carbocycles. The number of methoxy groups -OCH3 is 1. The number of hydrogen-bond acceptors (Lipinski definition) is 4. The van der Waals surface area contributed by atoms with Crippen molar-refractivity contribution in [1.29, 1.82) is 0 Å². The Hall–Kier alpha value is -3.66. The van der Waals surface area contributed by atoms with E-state index >= 15 is 0 Å². The first-order chi connectivity index (χ1) is 17.0. The summed E-state index contributed by atoms with van der Waals surface area (Å²) in [6, 6.07) is 23.4. The third kappa shape index (κ3) is 5.54. The average Bonchev–Trinajstić information content (AvgIpc) is 2.89. The summed E-state index contributed by atoms with van der Waals surface area (Å²) in [7, 11) is 1.37. The fourth-order valence-electron chi connectivity index (χ4n) is 4.54. The fraction of sp³-hybridized carbons (Fsp3) is 0.290. The quantitative estimate of drug-likeness (QED) is 0.185. The summed E-state index contributed by atoms with van der Waals surface area (Å²) in [4.78, 5) is 26.3. The van der Waals surface area contributed by atoms with Gasteiger partial charge in [0.1, 0.15) is 0 Å². The molecule has 35 heavy (non-hydrogen) atoms. The Morgan fingerprint density at radius 2 is 1.20 bits per heavy atom. The van der Waals surface area contributed by atoms with Crippen molar-refractivity contribution in [2.75, 3.05) is 7.11 Å². The highest BCUT2D eigenvalue weighted by atomic mass is 16.5. The molecule has 0 aliphatic rings. The predicted octanol–water partition coefficient (Wildman–Crippen LogP) is 7.96. The Balaban J connectivity index is 1.81. The van der Waals surface area contributed by atoms with Gasteiger partial charge in [0.2, 0.25) is 0 Å². The molecule has 0 aromatic heterocycles. The van der Waals surface area contributed by atoms with Crippen LogP contribution in [0.1, 0.15) is 66.7 Å². The lowest BCUT2D eigenvalue weighted by molar-refractivity contribution is 0.0320. The standard InChI is InChI=1S/C31H32O4/c1-4-5-6-7-12-21(2)35-31(33)29-20-25-16-11-9-14-23(25)18-27(29)26-17-22-13-8-10-15-24(22)19-28(26)30(32)34-3/h8-11,13-21H,4-7,12H2,1-3H3. The number of benzene rings is 4.